The predicted octanol–water partition coefficient (Wildman–Crippen LogP) is 3.56. The third kappa shape index (κ3) is 18.4. The van der Waals surface area contributed by atoms with Crippen LogP contribution in [0.2, 0.25) is 0 Å². The minimum absolute atomic E-state index is 0.0699. The third-order valence-corrected chi connectivity index (χ3v) is 16.8. The van der Waals surface area contributed by atoms with Crippen molar-refractivity contribution >= 4 is 47.0 Å². The summed E-state index contributed by atoms with van der Waals surface area (Å²) in [5.41, 5.74) is 1.19. The summed E-state index contributed by atoms with van der Waals surface area (Å²) in [6.07, 6.45) is -1.41. The zero-order chi connectivity index (χ0) is 40.4. The average Bonchev–Trinajstić information content (AvgIpc) is 3.25. The van der Waals surface area contributed by atoms with E-state index in [0.717, 1.165) is 34.1 Å². The van der Waals surface area contributed by atoms with Crippen LogP contribution in [0.5, 0.6) is 0 Å². The molecule has 0 saturated carbocycles. The number of aliphatic hydroxyl groups excluding tert-OH is 2. The SMILES string of the molecule is OC(c1cccc(C(O)C2SCC3(COCCOCCOCCOCCOCCOC3)CS2)c1)C1SCC2(COCCOCCOCCOCCOCCOC2)CS1. The smallest absolute Gasteiger partial charge is 0.1000 e. The van der Waals surface area contributed by atoms with Crippen LogP contribution in [0.15, 0.2) is 24.3 Å². The Morgan fingerprint density at radius 3 is 0.845 bits per heavy atom. The molecule has 4 aliphatic heterocycles. The van der Waals surface area contributed by atoms with Crippen LogP contribution in [0, 0.1) is 10.8 Å². The van der Waals surface area contributed by atoms with E-state index in [1.807, 2.05) is 24.3 Å². The molecule has 0 radical (unpaired) electrons. The lowest BCUT2D eigenvalue weighted by Crippen LogP contribution is -2.42. The van der Waals surface area contributed by atoms with Crippen molar-refractivity contribution in [1.29, 1.82) is 0 Å². The van der Waals surface area contributed by atoms with Crippen LogP contribution < -0.4 is 0 Å². The number of hydrogen-bond donors (Lipinski definition) is 2. The van der Waals surface area contributed by atoms with Gasteiger partial charge in [-0.25, -0.2) is 0 Å². The maximum Gasteiger partial charge on any atom is 0.1000 e. The van der Waals surface area contributed by atoms with E-state index in [2.05, 4.69) is 0 Å². The molecule has 4 heterocycles. The lowest BCUT2D eigenvalue weighted by Gasteiger charge is -2.40. The van der Waals surface area contributed by atoms with Crippen molar-refractivity contribution in [3.8, 4) is 0 Å². The Bertz CT molecular complexity index is 1060. The lowest BCUT2D eigenvalue weighted by molar-refractivity contribution is -0.0333. The summed E-state index contributed by atoms with van der Waals surface area (Å²) in [6.45, 7) is 12.3. The molecule has 2 atom stereocenters. The number of hydrogen-bond acceptors (Lipinski definition) is 18. The predicted molar refractivity (Wildman–Crippen MR) is 228 cm³/mol. The van der Waals surface area contributed by atoms with Crippen molar-refractivity contribution < 1.29 is 67.1 Å². The van der Waals surface area contributed by atoms with Gasteiger partial charge < -0.3 is 67.1 Å². The van der Waals surface area contributed by atoms with Crippen molar-refractivity contribution in [2.75, 3.05) is 182 Å². The van der Waals surface area contributed by atoms with Gasteiger partial charge in [0.25, 0.3) is 0 Å². The number of rotatable bonds is 4. The fourth-order valence-corrected chi connectivity index (χ4v) is 12.7. The second-order valence-electron chi connectivity index (χ2n) is 14.6. The van der Waals surface area contributed by atoms with Crippen LogP contribution in [0.3, 0.4) is 0 Å². The highest BCUT2D eigenvalue weighted by atomic mass is 32.2. The molecule has 1 aromatic carbocycles. The van der Waals surface area contributed by atoms with Crippen molar-refractivity contribution in [2.24, 2.45) is 10.8 Å². The molecule has 4 saturated heterocycles. The number of benzene rings is 1. The highest BCUT2D eigenvalue weighted by Crippen LogP contribution is 2.48. The zero-order valence-corrected chi connectivity index (χ0v) is 37.1. The van der Waals surface area contributed by atoms with Gasteiger partial charge in [0.15, 0.2) is 0 Å². The Morgan fingerprint density at radius 2 is 0.603 bits per heavy atom. The molecule has 1 aromatic rings. The fourth-order valence-electron chi connectivity index (χ4n) is 6.39. The molecular weight excluding hydrogens is 833 g/mol. The van der Waals surface area contributed by atoms with Crippen molar-refractivity contribution in [3.05, 3.63) is 35.4 Å². The molecule has 58 heavy (non-hydrogen) atoms. The standard InChI is InChI=1S/C40H66O14S4/c41-35(37-55-29-39(30-56-37)25-51-20-16-47-12-8-43-4-5-44-9-13-48-17-21-52-26-39)33-2-1-3-34(24-33)36(42)38-57-31-40(32-58-38)27-53-22-18-49-14-10-45-6-7-46-11-15-50-19-23-54-28-40/h1-3,24,35-38,41-42H,4-23,25-32H2. The molecule has 334 valence electrons. The van der Waals surface area contributed by atoms with E-state index in [9.17, 15) is 10.2 Å². The first-order chi connectivity index (χ1) is 28.6. The normalized spacial score (nSPS) is 27.4. The molecule has 0 aromatic heterocycles. The van der Waals surface area contributed by atoms with Gasteiger partial charge in [-0.1, -0.05) is 24.3 Å². The minimum atomic E-state index is -0.704. The van der Waals surface area contributed by atoms with Crippen LogP contribution >= 0.6 is 47.0 Å². The molecule has 2 N–H and O–H groups in total. The van der Waals surface area contributed by atoms with Gasteiger partial charge in [0.05, 0.1) is 180 Å². The van der Waals surface area contributed by atoms with E-state index < -0.39 is 12.2 Å². The van der Waals surface area contributed by atoms with Gasteiger partial charge in [-0.15, -0.1) is 47.0 Å². The van der Waals surface area contributed by atoms with Crippen molar-refractivity contribution in [2.45, 2.75) is 21.4 Å². The minimum Gasteiger partial charge on any atom is -0.386 e. The van der Waals surface area contributed by atoms with Crippen molar-refractivity contribution in [1.82, 2.24) is 0 Å². The number of ether oxygens (including phenoxy) is 12. The second-order valence-corrected chi connectivity index (χ2v) is 19.8. The van der Waals surface area contributed by atoms with E-state index in [0.29, 0.717) is 159 Å². The van der Waals surface area contributed by atoms with Crippen LogP contribution in [-0.4, -0.2) is 201 Å². The van der Waals surface area contributed by atoms with Crippen molar-refractivity contribution in [3.63, 3.8) is 0 Å². The molecule has 5 rings (SSSR count). The molecule has 14 nitrogen and oxygen atoms in total. The molecule has 18 heteroatoms. The average molecular weight is 899 g/mol. The molecule has 4 fully saturated rings. The molecule has 0 bridgehead atoms. The maximum atomic E-state index is 11.7. The first kappa shape index (κ1) is 49.1. The van der Waals surface area contributed by atoms with Crippen LogP contribution in [-0.2, 0) is 56.8 Å². The Balaban J connectivity index is 1.10. The van der Waals surface area contributed by atoms with Gasteiger partial charge in [-0.2, -0.15) is 0 Å². The van der Waals surface area contributed by atoms with Crippen LogP contribution in [0.4, 0.5) is 0 Å². The monoisotopic (exact) mass is 898 g/mol. The lowest BCUT2D eigenvalue weighted by atomic mass is 9.95. The van der Waals surface area contributed by atoms with Gasteiger partial charge in [-0.3, -0.25) is 0 Å². The van der Waals surface area contributed by atoms with Crippen LogP contribution in [0.1, 0.15) is 23.3 Å². The first-order valence-corrected chi connectivity index (χ1v) is 24.6. The third-order valence-electron chi connectivity index (χ3n) is 9.68. The summed E-state index contributed by atoms with van der Waals surface area (Å²) in [5.74, 6) is 3.12. The van der Waals surface area contributed by atoms with E-state index >= 15 is 0 Å². The largest absolute Gasteiger partial charge is 0.386 e. The Hall–Kier alpha value is 0.0600. The molecule has 0 amide bonds. The highest BCUT2D eigenvalue weighted by molar-refractivity contribution is 8.18. The summed E-state index contributed by atoms with van der Waals surface area (Å²) in [4.78, 5) is 0. The summed E-state index contributed by atoms with van der Waals surface area (Å²) in [5, 5.41) is 23.3. The Labute approximate surface area is 361 Å². The van der Waals surface area contributed by atoms with E-state index in [1.165, 1.54) is 0 Å². The van der Waals surface area contributed by atoms with Gasteiger partial charge in [-0.05, 0) is 11.1 Å². The maximum absolute atomic E-state index is 11.7. The molecular formula is C40H66O14S4. The summed E-state index contributed by atoms with van der Waals surface area (Å²) >= 11 is 6.94. The van der Waals surface area contributed by atoms with E-state index in [-0.39, 0.29) is 20.0 Å². The van der Waals surface area contributed by atoms with E-state index in [4.69, 9.17) is 56.8 Å². The number of aliphatic hydroxyl groups is 2. The van der Waals surface area contributed by atoms with Gasteiger partial charge in [0, 0.05) is 33.8 Å². The number of thioether (sulfide) groups is 4. The summed E-state index contributed by atoms with van der Waals surface area (Å²) in [6, 6.07) is 7.81. The van der Waals surface area contributed by atoms with Gasteiger partial charge in [0.1, 0.15) is 0 Å². The fraction of sp³-hybridized carbons (Fsp3) is 0.850. The Kier molecular flexibility index (Phi) is 24.9. The summed E-state index contributed by atoms with van der Waals surface area (Å²) in [7, 11) is 0. The molecule has 2 spiro atoms. The second kappa shape index (κ2) is 29.4. The molecule has 2 unspecified atom stereocenters. The van der Waals surface area contributed by atoms with E-state index in [1.54, 1.807) is 47.0 Å². The summed E-state index contributed by atoms with van der Waals surface area (Å²) < 4.78 is 69.2. The Morgan fingerprint density at radius 1 is 0.379 bits per heavy atom. The van der Waals surface area contributed by atoms with Crippen LogP contribution in [0.25, 0.3) is 0 Å². The zero-order valence-electron chi connectivity index (χ0n) is 33.8. The van der Waals surface area contributed by atoms with Gasteiger partial charge in [0.2, 0.25) is 0 Å². The molecule has 4 aliphatic rings. The molecule has 0 aliphatic carbocycles. The highest BCUT2D eigenvalue weighted by Gasteiger charge is 2.41. The topological polar surface area (TPSA) is 151 Å². The first-order valence-electron chi connectivity index (χ1n) is 20.4. The quantitative estimate of drug-likeness (QED) is 0.453. The van der Waals surface area contributed by atoms with Gasteiger partial charge >= 0.3 is 0 Å².